The molecule has 0 radical (unpaired) electrons. The number of hydrogen-bond donors (Lipinski definition) is 1. The third-order valence-electron chi connectivity index (χ3n) is 1.90. The van der Waals surface area contributed by atoms with Crippen LogP contribution in [0.4, 0.5) is 8.78 Å². The second kappa shape index (κ2) is 5.03. The summed E-state index contributed by atoms with van der Waals surface area (Å²) < 4.78 is 26.0. The summed E-state index contributed by atoms with van der Waals surface area (Å²) >= 11 is 0. The van der Waals surface area contributed by atoms with Crippen LogP contribution in [0.1, 0.15) is 27.7 Å². The van der Waals surface area contributed by atoms with E-state index in [4.69, 9.17) is 5.73 Å². The first-order valence-electron chi connectivity index (χ1n) is 5.00. The van der Waals surface area contributed by atoms with Gasteiger partial charge in [-0.05, 0) is 12.0 Å². The van der Waals surface area contributed by atoms with E-state index in [0.717, 1.165) is 0 Å². The Hall–Kier alpha value is -0.220. The van der Waals surface area contributed by atoms with Crippen molar-refractivity contribution >= 4 is 0 Å². The molecule has 14 heavy (non-hydrogen) atoms. The summed E-state index contributed by atoms with van der Waals surface area (Å²) in [6.45, 7) is 8.48. The van der Waals surface area contributed by atoms with Gasteiger partial charge in [0, 0.05) is 6.54 Å². The van der Waals surface area contributed by atoms with Crippen LogP contribution in [0.2, 0.25) is 0 Å². The second-order valence-corrected chi connectivity index (χ2v) is 4.92. The van der Waals surface area contributed by atoms with Crippen LogP contribution in [0.3, 0.4) is 0 Å². The molecule has 0 amide bonds. The molecule has 0 aromatic rings. The van der Waals surface area contributed by atoms with Crippen molar-refractivity contribution in [1.82, 2.24) is 4.90 Å². The monoisotopic (exact) mass is 208 g/mol. The zero-order valence-corrected chi connectivity index (χ0v) is 9.61. The molecule has 0 aromatic carbocycles. The molecule has 4 heteroatoms. The molecule has 0 aromatic heterocycles. The Morgan fingerprint density at radius 3 is 1.93 bits per heavy atom. The summed E-state index contributed by atoms with van der Waals surface area (Å²) in [5.74, 6) is -2.76. The van der Waals surface area contributed by atoms with Gasteiger partial charge in [-0.15, -0.1) is 0 Å². The van der Waals surface area contributed by atoms with Crippen molar-refractivity contribution in [2.75, 3.05) is 26.2 Å². The Labute approximate surface area is 85.5 Å². The number of halogens is 2. The molecule has 0 saturated carbocycles. The average Bonchev–Trinajstić information content (AvgIpc) is 2.00. The molecule has 0 aliphatic carbocycles. The van der Waals surface area contributed by atoms with Crippen molar-refractivity contribution in [3.05, 3.63) is 0 Å². The Kier molecular flexibility index (Phi) is 4.95. The van der Waals surface area contributed by atoms with Crippen LogP contribution < -0.4 is 5.73 Å². The number of rotatable bonds is 5. The maximum Gasteiger partial charge on any atom is 0.272 e. The fraction of sp³-hybridized carbons (Fsp3) is 1.00. The molecule has 86 valence electrons. The molecular formula is C10H22F2N2. The van der Waals surface area contributed by atoms with Crippen LogP contribution >= 0.6 is 0 Å². The van der Waals surface area contributed by atoms with Crippen molar-refractivity contribution in [3.8, 4) is 0 Å². The number of alkyl halides is 2. The highest BCUT2D eigenvalue weighted by Gasteiger charge is 2.30. The molecule has 0 saturated heterocycles. The van der Waals surface area contributed by atoms with E-state index in [1.165, 1.54) is 0 Å². The summed E-state index contributed by atoms with van der Waals surface area (Å²) in [6.07, 6.45) is 0. The van der Waals surface area contributed by atoms with E-state index in [0.29, 0.717) is 13.1 Å². The standard InChI is InChI=1S/C10H22F2N2/c1-5-14(7-9(2,3)4)8-10(11,12)6-13/h5-8,13H2,1-4H3. The lowest BCUT2D eigenvalue weighted by Crippen LogP contribution is -2.44. The molecular weight excluding hydrogens is 186 g/mol. The number of nitrogens with two attached hydrogens (primary N) is 1. The van der Waals surface area contributed by atoms with Crippen LogP contribution in [0, 0.1) is 5.41 Å². The van der Waals surface area contributed by atoms with E-state index in [-0.39, 0.29) is 12.0 Å². The molecule has 0 atom stereocenters. The average molecular weight is 208 g/mol. The smallest absolute Gasteiger partial charge is 0.272 e. The van der Waals surface area contributed by atoms with Crippen LogP contribution in [-0.2, 0) is 0 Å². The van der Waals surface area contributed by atoms with E-state index in [2.05, 4.69) is 0 Å². The first kappa shape index (κ1) is 13.8. The maximum absolute atomic E-state index is 13.0. The molecule has 0 unspecified atom stereocenters. The predicted molar refractivity (Wildman–Crippen MR) is 55.6 cm³/mol. The molecule has 2 nitrogen and oxygen atoms in total. The summed E-state index contributed by atoms with van der Waals surface area (Å²) in [5, 5.41) is 0. The maximum atomic E-state index is 13.0. The summed E-state index contributed by atoms with van der Waals surface area (Å²) in [4.78, 5) is 1.74. The Morgan fingerprint density at radius 2 is 1.64 bits per heavy atom. The fourth-order valence-corrected chi connectivity index (χ4v) is 1.34. The highest BCUT2D eigenvalue weighted by molar-refractivity contribution is 4.76. The van der Waals surface area contributed by atoms with Gasteiger partial charge in [0.1, 0.15) is 0 Å². The van der Waals surface area contributed by atoms with Crippen LogP contribution in [-0.4, -0.2) is 37.0 Å². The molecule has 0 bridgehead atoms. The van der Waals surface area contributed by atoms with Gasteiger partial charge in [-0.2, -0.15) is 0 Å². The third-order valence-corrected chi connectivity index (χ3v) is 1.90. The fourth-order valence-electron chi connectivity index (χ4n) is 1.34. The summed E-state index contributed by atoms with van der Waals surface area (Å²) in [7, 11) is 0. The summed E-state index contributed by atoms with van der Waals surface area (Å²) in [5.41, 5.74) is 5.04. The molecule has 0 heterocycles. The molecule has 0 rings (SSSR count). The normalized spacial score (nSPS) is 13.7. The lowest BCUT2D eigenvalue weighted by molar-refractivity contribution is -0.0285. The van der Waals surface area contributed by atoms with Crippen molar-refractivity contribution in [1.29, 1.82) is 0 Å². The first-order valence-corrected chi connectivity index (χ1v) is 5.00. The highest BCUT2D eigenvalue weighted by Crippen LogP contribution is 2.19. The van der Waals surface area contributed by atoms with Gasteiger partial charge in [0.05, 0.1) is 13.1 Å². The third kappa shape index (κ3) is 6.27. The van der Waals surface area contributed by atoms with Crippen LogP contribution in [0.25, 0.3) is 0 Å². The number of nitrogens with zero attached hydrogens (tertiary/aromatic N) is 1. The van der Waals surface area contributed by atoms with E-state index in [1.54, 1.807) is 4.90 Å². The quantitative estimate of drug-likeness (QED) is 0.748. The van der Waals surface area contributed by atoms with E-state index < -0.39 is 12.5 Å². The molecule has 0 aliphatic rings. The first-order chi connectivity index (χ1) is 6.20. The largest absolute Gasteiger partial charge is 0.325 e. The van der Waals surface area contributed by atoms with Gasteiger partial charge in [0.15, 0.2) is 0 Å². The predicted octanol–water partition coefficient (Wildman–Crippen LogP) is 1.95. The second-order valence-electron chi connectivity index (χ2n) is 4.92. The summed E-state index contributed by atoms with van der Waals surface area (Å²) in [6, 6.07) is 0. The topological polar surface area (TPSA) is 29.3 Å². The van der Waals surface area contributed by atoms with E-state index in [9.17, 15) is 8.78 Å². The van der Waals surface area contributed by atoms with E-state index in [1.807, 2.05) is 27.7 Å². The highest BCUT2D eigenvalue weighted by atomic mass is 19.3. The zero-order chi connectivity index (χ0) is 11.4. The minimum atomic E-state index is -2.76. The van der Waals surface area contributed by atoms with Gasteiger partial charge in [0.25, 0.3) is 5.92 Å². The molecule has 0 fully saturated rings. The van der Waals surface area contributed by atoms with Crippen molar-refractivity contribution in [2.24, 2.45) is 11.1 Å². The SMILES string of the molecule is CCN(CC(C)(C)C)CC(F)(F)CN. The van der Waals surface area contributed by atoms with E-state index >= 15 is 0 Å². The minimum Gasteiger partial charge on any atom is -0.325 e. The number of hydrogen-bond acceptors (Lipinski definition) is 2. The van der Waals surface area contributed by atoms with Gasteiger partial charge in [-0.25, -0.2) is 8.78 Å². The van der Waals surface area contributed by atoms with Gasteiger partial charge >= 0.3 is 0 Å². The molecule has 2 N–H and O–H groups in total. The lowest BCUT2D eigenvalue weighted by atomic mass is 9.96. The van der Waals surface area contributed by atoms with Gasteiger partial charge in [-0.1, -0.05) is 27.7 Å². The minimum absolute atomic E-state index is 0.0423. The lowest BCUT2D eigenvalue weighted by Gasteiger charge is -2.31. The Morgan fingerprint density at radius 1 is 1.14 bits per heavy atom. The van der Waals surface area contributed by atoms with Crippen molar-refractivity contribution in [2.45, 2.75) is 33.6 Å². The van der Waals surface area contributed by atoms with Gasteiger partial charge in [0.2, 0.25) is 0 Å². The molecule has 0 aliphatic heterocycles. The van der Waals surface area contributed by atoms with Crippen LogP contribution in [0.15, 0.2) is 0 Å². The Bertz CT molecular complexity index is 164. The molecule has 0 spiro atoms. The zero-order valence-electron chi connectivity index (χ0n) is 9.61. The van der Waals surface area contributed by atoms with Crippen molar-refractivity contribution in [3.63, 3.8) is 0 Å². The van der Waals surface area contributed by atoms with Crippen LogP contribution in [0.5, 0.6) is 0 Å². The Balaban J connectivity index is 4.17. The van der Waals surface area contributed by atoms with Gasteiger partial charge in [-0.3, -0.25) is 4.90 Å². The van der Waals surface area contributed by atoms with Gasteiger partial charge < -0.3 is 5.73 Å². The van der Waals surface area contributed by atoms with Crippen molar-refractivity contribution < 1.29 is 8.78 Å².